The van der Waals surface area contributed by atoms with Gasteiger partial charge in [0.25, 0.3) is 5.69 Å². The number of carboxylic acids is 1. The summed E-state index contributed by atoms with van der Waals surface area (Å²) in [6.45, 7) is 0. The van der Waals surface area contributed by atoms with Crippen molar-refractivity contribution in [3.05, 3.63) is 33.3 Å². The topological polar surface area (TPSA) is 110 Å². The molecule has 9 heteroatoms. The molecule has 0 atom stereocenters. The van der Waals surface area contributed by atoms with Gasteiger partial charge in [0.1, 0.15) is 5.69 Å². The van der Waals surface area contributed by atoms with Crippen LogP contribution in [0, 0.1) is 10.1 Å². The predicted octanol–water partition coefficient (Wildman–Crippen LogP) is 0.623. The molecule has 17 heavy (non-hydrogen) atoms. The van der Waals surface area contributed by atoms with Crippen LogP contribution >= 0.6 is 11.6 Å². The molecule has 1 rings (SSSR count). The average Bonchev–Trinajstić information content (AvgIpc) is 2.20. The molecule has 1 amide bonds. The third-order valence-corrected chi connectivity index (χ3v) is 1.83. The van der Waals surface area contributed by atoms with Gasteiger partial charge in [-0.1, -0.05) is 11.6 Å². The standard InChI is InChI=1S/C8H5ClN2O5.Na.H/c9-4-1-2-5(6(3-4)11(15)16)10-7(12)8(13)14;;/h1-3H,(H,10,12)(H,13,14);;. The average molecular weight is 269 g/mol. The number of rotatable bonds is 2. The number of aliphatic carboxylic acids is 1. The Labute approximate surface area is 122 Å². The maximum absolute atomic E-state index is 10.8. The Hall–Kier alpha value is -1.15. The van der Waals surface area contributed by atoms with Crippen LogP contribution in [0.3, 0.4) is 0 Å². The van der Waals surface area contributed by atoms with E-state index >= 15 is 0 Å². The number of benzene rings is 1. The number of carbonyl (C=O) groups is 2. The summed E-state index contributed by atoms with van der Waals surface area (Å²) in [6.07, 6.45) is 0. The number of amides is 1. The number of carboxylic acid groups (broad SMARTS) is 1. The van der Waals surface area contributed by atoms with E-state index in [4.69, 9.17) is 16.7 Å². The van der Waals surface area contributed by atoms with E-state index in [1.807, 2.05) is 5.32 Å². The third kappa shape index (κ3) is 4.31. The molecule has 7 nitrogen and oxygen atoms in total. The number of nitro groups is 1. The van der Waals surface area contributed by atoms with Crippen molar-refractivity contribution >= 4 is 64.4 Å². The summed E-state index contributed by atoms with van der Waals surface area (Å²) >= 11 is 5.53. The molecule has 0 aromatic heterocycles. The summed E-state index contributed by atoms with van der Waals surface area (Å²) in [7, 11) is 0. The van der Waals surface area contributed by atoms with Gasteiger partial charge in [0, 0.05) is 11.1 Å². The monoisotopic (exact) mass is 268 g/mol. The number of nitrogens with one attached hydrogen (secondary N) is 1. The Balaban J connectivity index is 0.00000256. The zero-order valence-electron chi connectivity index (χ0n) is 7.64. The zero-order chi connectivity index (χ0) is 12.3. The first-order chi connectivity index (χ1) is 7.41. The zero-order valence-corrected chi connectivity index (χ0v) is 8.39. The molecule has 2 N–H and O–H groups in total. The van der Waals surface area contributed by atoms with Crippen LogP contribution in [0.1, 0.15) is 0 Å². The van der Waals surface area contributed by atoms with E-state index in [0.29, 0.717) is 0 Å². The van der Waals surface area contributed by atoms with E-state index in [0.717, 1.165) is 12.1 Å². The van der Waals surface area contributed by atoms with Gasteiger partial charge in [0.05, 0.1) is 4.92 Å². The van der Waals surface area contributed by atoms with Gasteiger partial charge in [0.15, 0.2) is 0 Å². The molecular formula is C8H6ClN2NaO5. The summed E-state index contributed by atoms with van der Waals surface area (Å²) < 4.78 is 0. The van der Waals surface area contributed by atoms with Crippen LogP contribution in [-0.4, -0.2) is 51.5 Å². The van der Waals surface area contributed by atoms with Crippen LogP contribution in [-0.2, 0) is 9.59 Å². The van der Waals surface area contributed by atoms with Crippen molar-refractivity contribution in [2.75, 3.05) is 5.32 Å². The molecule has 0 aliphatic carbocycles. The molecule has 0 radical (unpaired) electrons. The van der Waals surface area contributed by atoms with Gasteiger partial charge in [-0.3, -0.25) is 14.9 Å². The van der Waals surface area contributed by atoms with Gasteiger partial charge >= 0.3 is 41.4 Å². The van der Waals surface area contributed by atoms with Gasteiger partial charge in [-0.2, -0.15) is 0 Å². The number of hydrogen-bond acceptors (Lipinski definition) is 4. The minimum atomic E-state index is -1.73. The number of halogens is 1. The van der Waals surface area contributed by atoms with Crippen LogP contribution in [0.4, 0.5) is 11.4 Å². The summed E-state index contributed by atoms with van der Waals surface area (Å²) in [4.78, 5) is 30.8. The van der Waals surface area contributed by atoms with E-state index in [9.17, 15) is 19.7 Å². The fourth-order valence-electron chi connectivity index (χ4n) is 0.937. The molecular weight excluding hydrogens is 263 g/mol. The summed E-state index contributed by atoms with van der Waals surface area (Å²) in [5, 5.41) is 20.9. The van der Waals surface area contributed by atoms with Gasteiger partial charge in [-0.15, -0.1) is 0 Å². The summed E-state index contributed by atoms with van der Waals surface area (Å²) in [6, 6.07) is 3.46. The molecule has 1 aromatic carbocycles. The predicted molar refractivity (Wildman–Crippen MR) is 61.5 cm³/mol. The second-order valence-electron chi connectivity index (χ2n) is 2.68. The Morgan fingerprint density at radius 3 is 2.47 bits per heavy atom. The van der Waals surface area contributed by atoms with Crippen LogP contribution in [0.2, 0.25) is 5.02 Å². The van der Waals surface area contributed by atoms with Crippen molar-refractivity contribution in [3.8, 4) is 0 Å². The molecule has 0 spiro atoms. The third-order valence-electron chi connectivity index (χ3n) is 1.60. The van der Waals surface area contributed by atoms with Crippen LogP contribution in [0.5, 0.6) is 0 Å². The van der Waals surface area contributed by atoms with E-state index in [1.165, 1.54) is 6.07 Å². The number of nitro benzene ring substituents is 1. The first-order valence-corrected chi connectivity index (χ1v) is 4.28. The molecule has 0 aliphatic rings. The van der Waals surface area contributed by atoms with E-state index < -0.39 is 22.5 Å². The number of nitrogens with zero attached hydrogens (tertiary/aromatic N) is 1. The second kappa shape index (κ2) is 6.55. The normalized spacial score (nSPS) is 9.00. The molecule has 0 bridgehead atoms. The maximum atomic E-state index is 10.8. The number of anilines is 1. The summed E-state index contributed by atoms with van der Waals surface area (Å²) in [5.74, 6) is -3.09. The van der Waals surface area contributed by atoms with Gasteiger partial charge in [-0.25, -0.2) is 4.79 Å². The Morgan fingerprint density at radius 1 is 1.41 bits per heavy atom. The molecule has 0 aliphatic heterocycles. The Kier molecular flexibility index (Phi) is 6.11. The fraction of sp³-hybridized carbons (Fsp3) is 0. The van der Waals surface area contributed by atoms with E-state index in [-0.39, 0.29) is 40.3 Å². The molecule has 86 valence electrons. The molecule has 0 unspecified atom stereocenters. The van der Waals surface area contributed by atoms with Crippen molar-refractivity contribution < 1.29 is 19.6 Å². The Morgan fingerprint density at radius 2 is 2.00 bits per heavy atom. The van der Waals surface area contributed by atoms with Crippen molar-refractivity contribution in [2.45, 2.75) is 0 Å². The molecule has 1 aromatic rings. The van der Waals surface area contributed by atoms with Crippen molar-refractivity contribution in [1.29, 1.82) is 0 Å². The minimum absolute atomic E-state index is 0. The number of hydrogen-bond donors (Lipinski definition) is 2. The first kappa shape index (κ1) is 15.9. The van der Waals surface area contributed by atoms with Crippen molar-refractivity contribution in [1.82, 2.24) is 0 Å². The van der Waals surface area contributed by atoms with Gasteiger partial charge < -0.3 is 10.4 Å². The quantitative estimate of drug-likeness (QED) is 0.354. The molecule has 0 heterocycles. The fourth-order valence-corrected chi connectivity index (χ4v) is 1.10. The molecule has 0 fully saturated rings. The van der Waals surface area contributed by atoms with Crippen LogP contribution in [0.15, 0.2) is 18.2 Å². The SMILES string of the molecule is O=C(O)C(=O)Nc1ccc(Cl)cc1[N+](=O)[O-].[NaH]. The van der Waals surface area contributed by atoms with Gasteiger partial charge in [-0.05, 0) is 12.1 Å². The molecule has 0 saturated heterocycles. The van der Waals surface area contributed by atoms with E-state index in [1.54, 1.807) is 0 Å². The van der Waals surface area contributed by atoms with Crippen LogP contribution in [0.25, 0.3) is 0 Å². The Bertz CT molecular complexity index is 479. The summed E-state index contributed by atoms with van der Waals surface area (Å²) in [5.41, 5.74) is -0.691. The van der Waals surface area contributed by atoms with Crippen molar-refractivity contribution in [3.63, 3.8) is 0 Å². The van der Waals surface area contributed by atoms with Gasteiger partial charge in [0.2, 0.25) is 0 Å². The van der Waals surface area contributed by atoms with Crippen LogP contribution < -0.4 is 5.32 Å². The first-order valence-electron chi connectivity index (χ1n) is 3.90. The second-order valence-corrected chi connectivity index (χ2v) is 3.11. The number of carbonyl (C=O) groups excluding carboxylic acids is 1. The molecule has 0 saturated carbocycles. The van der Waals surface area contributed by atoms with Crippen molar-refractivity contribution in [2.24, 2.45) is 0 Å². The van der Waals surface area contributed by atoms with E-state index in [2.05, 4.69) is 0 Å².